The van der Waals surface area contributed by atoms with Gasteiger partial charge in [-0.15, -0.1) is 0 Å². The maximum atomic E-state index is 12.6. The van der Waals surface area contributed by atoms with Crippen LogP contribution in [0.2, 0.25) is 0 Å². The summed E-state index contributed by atoms with van der Waals surface area (Å²) in [7, 11) is 1.36. The monoisotopic (exact) mass is 432 g/mol. The minimum absolute atomic E-state index is 0.00916. The van der Waals surface area contributed by atoms with Crippen molar-refractivity contribution in [2.75, 3.05) is 12.4 Å². The fraction of sp³-hybridized carbons (Fsp3) is 0.280. The van der Waals surface area contributed by atoms with E-state index in [9.17, 15) is 9.59 Å². The van der Waals surface area contributed by atoms with E-state index in [2.05, 4.69) is 20.6 Å². The molecule has 0 spiro atoms. The summed E-state index contributed by atoms with van der Waals surface area (Å²) in [4.78, 5) is 33.9. The number of carbonyl (C=O) groups is 2. The predicted octanol–water partition coefficient (Wildman–Crippen LogP) is 3.96. The number of nitrogens with zero attached hydrogens (tertiary/aromatic N) is 2. The molecular weight excluding hydrogens is 404 g/mol. The van der Waals surface area contributed by atoms with Crippen LogP contribution in [0.1, 0.15) is 32.2 Å². The van der Waals surface area contributed by atoms with Gasteiger partial charge in [0, 0.05) is 11.0 Å². The van der Waals surface area contributed by atoms with Gasteiger partial charge in [-0.1, -0.05) is 56.3 Å². The Kier molecular flexibility index (Phi) is 7.54. The summed E-state index contributed by atoms with van der Waals surface area (Å²) in [6.07, 6.45) is 1.83. The molecule has 1 atom stereocenters. The molecule has 0 unspecified atom stereocenters. The topological polar surface area (TPSA) is 93.2 Å². The highest BCUT2D eigenvalue weighted by Crippen LogP contribution is 2.22. The maximum absolute atomic E-state index is 12.6. The standard InChI is InChI=1S/C25H28N4O3/c1-16(2)22(25(31)32-4)29-23-19-12-8-9-13-20(19)27-21(28-23)15-26-24(30)17(3)14-18-10-6-5-7-11-18/h5-14,16,22H,15H2,1-4H3,(H,26,30)(H,27,28,29)/b17-14+/t22-/m0/s1. The lowest BCUT2D eigenvalue weighted by molar-refractivity contribution is -0.142. The first-order valence-corrected chi connectivity index (χ1v) is 10.5. The highest BCUT2D eigenvalue weighted by atomic mass is 16.5. The third-order valence-electron chi connectivity index (χ3n) is 5.01. The van der Waals surface area contributed by atoms with Crippen LogP contribution in [0.5, 0.6) is 0 Å². The second kappa shape index (κ2) is 10.5. The van der Waals surface area contributed by atoms with Crippen molar-refractivity contribution in [3.63, 3.8) is 0 Å². The second-order valence-electron chi connectivity index (χ2n) is 7.82. The third-order valence-corrected chi connectivity index (χ3v) is 5.01. The molecule has 3 aromatic rings. The van der Waals surface area contributed by atoms with Crippen LogP contribution in [0, 0.1) is 5.92 Å². The Balaban J connectivity index is 1.82. The molecule has 1 aromatic heterocycles. The van der Waals surface area contributed by atoms with Crippen LogP contribution in [-0.2, 0) is 20.9 Å². The summed E-state index contributed by atoms with van der Waals surface area (Å²) in [5, 5.41) is 6.86. The van der Waals surface area contributed by atoms with Gasteiger partial charge in [0.1, 0.15) is 11.9 Å². The van der Waals surface area contributed by atoms with E-state index >= 15 is 0 Å². The molecule has 1 heterocycles. The Morgan fingerprint density at radius 3 is 2.41 bits per heavy atom. The Morgan fingerprint density at radius 2 is 1.72 bits per heavy atom. The summed E-state index contributed by atoms with van der Waals surface area (Å²) in [6.45, 7) is 5.78. The Hall–Kier alpha value is -3.74. The summed E-state index contributed by atoms with van der Waals surface area (Å²) in [5.74, 6) is 0.402. The number of carbonyl (C=O) groups excluding carboxylic acids is 2. The minimum atomic E-state index is -0.559. The zero-order chi connectivity index (χ0) is 23.1. The predicted molar refractivity (Wildman–Crippen MR) is 126 cm³/mol. The fourth-order valence-corrected chi connectivity index (χ4v) is 3.25. The molecule has 32 heavy (non-hydrogen) atoms. The van der Waals surface area contributed by atoms with Crippen molar-refractivity contribution < 1.29 is 14.3 Å². The normalized spacial score (nSPS) is 12.5. The van der Waals surface area contributed by atoms with Crippen LogP contribution in [0.25, 0.3) is 17.0 Å². The number of nitrogens with one attached hydrogen (secondary N) is 2. The molecule has 166 valence electrons. The molecule has 7 heteroatoms. The zero-order valence-corrected chi connectivity index (χ0v) is 18.8. The van der Waals surface area contributed by atoms with Crippen molar-refractivity contribution >= 4 is 34.7 Å². The number of fused-ring (bicyclic) bond motifs is 1. The molecule has 0 bridgehead atoms. The smallest absolute Gasteiger partial charge is 0.328 e. The molecule has 0 aliphatic carbocycles. The number of aromatic nitrogens is 2. The molecule has 0 saturated carbocycles. The van der Waals surface area contributed by atoms with Gasteiger partial charge in [-0.05, 0) is 36.6 Å². The van der Waals surface area contributed by atoms with E-state index in [0.717, 1.165) is 16.5 Å². The molecule has 3 rings (SSSR count). The number of ether oxygens (including phenoxy) is 1. The third kappa shape index (κ3) is 5.69. The molecule has 7 nitrogen and oxygen atoms in total. The lowest BCUT2D eigenvalue weighted by Crippen LogP contribution is -2.36. The number of anilines is 1. The number of para-hydroxylation sites is 1. The Bertz CT molecular complexity index is 1130. The highest BCUT2D eigenvalue weighted by molar-refractivity contribution is 5.97. The second-order valence-corrected chi connectivity index (χ2v) is 7.82. The maximum Gasteiger partial charge on any atom is 0.328 e. The van der Waals surface area contributed by atoms with Crippen molar-refractivity contribution in [3.05, 3.63) is 71.6 Å². The molecular formula is C25H28N4O3. The molecule has 0 aliphatic rings. The number of benzene rings is 2. The van der Waals surface area contributed by atoms with Crippen LogP contribution < -0.4 is 10.6 Å². The van der Waals surface area contributed by atoms with E-state index in [1.54, 1.807) is 6.92 Å². The summed E-state index contributed by atoms with van der Waals surface area (Å²) in [5.41, 5.74) is 2.26. The zero-order valence-electron chi connectivity index (χ0n) is 18.8. The molecule has 1 amide bonds. The summed E-state index contributed by atoms with van der Waals surface area (Å²) < 4.78 is 4.93. The van der Waals surface area contributed by atoms with Crippen LogP contribution in [0.4, 0.5) is 5.82 Å². The lowest BCUT2D eigenvalue weighted by Gasteiger charge is -2.21. The SMILES string of the molecule is COC(=O)[C@@H](Nc1nc(CNC(=O)/C(C)=C/c2ccccc2)nc2ccccc12)C(C)C. The van der Waals surface area contributed by atoms with E-state index in [-0.39, 0.29) is 24.3 Å². The van der Waals surface area contributed by atoms with Gasteiger partial charge in [0.05, 0.1) is 19.2 Å². The van der Waals surface area contributed by atoms with E-state index in [0.29, 0.717) is 17.2 Å². The van der Waals surface area contributed by atoms with Gasteiger partial charge >= 0.3 is 5.97 Å². The van der Waals surface area contributed by atoms with Crippen molar-refractivity contribution in [2.45, 2.75) is 33.4 Å². The first-order chi connectivity index (χ1) is 15.4. The molecule has 0 radical (unpaired) electrons. The van der Waals surface area contributed by atoms with E-state index in [1.807, 2.05) is 74.5 Å². The first kappa shape index (κ1) is 22.9. The number of esters is 1. The van der Waals surface area contributed by atoms with Crippen molar-refractivity contribution in [1.29, 1.82) is 0 Å². The molecule has 0 saturated heterocycles. The van der Waals surface area contributed by atoms with Crippen molar-refractivity contribution in [1.82, 2.24) is 15.3 Å². The number of hydrogen-bond acceptors (Lipinski definition) is 6. The highest BCUT2D eigenvalue weighted by Gasteiger charge is 2.24. The van der Waals surface area contributed by atoms with Gasteiger partial charge in [-0.2, -0.15) is 0 Å². The number of hydrogen-bond donors (Lipinski definition) is 2. The van der Waals surface area contributed by atoms with Gasteiger partial charge < -0.3 is 15.4 Å². The lowest BCUT2D eigenvalue weighted by atomic mass is 10.0. The molecule has 0 fully saturated rings. The number of amides is 1. The summed E-state index contributed by atoms with van der Waals surface area (Å²) >= 11 is 0. The quantitative estimate of drug-likeness (QED) is 0.413. The van der Waals surface area contributed by atoms with Crippen LogP contribution >= 0.6 is 0 Å². The fourth-order valence-electron chi connectivity index (χ4n) is 3.25. The molecule has 2 aromatic carbocycles. The first-order valence-electron chi connectivity index (χ1n) is 10.5. The largest absolute Gasteiger partial charge is 0.467 e. The van der Waals surface area contributed by atoms with E-state index < -0.39 is 6.04 Å². The van der Waals surface area contributed by atoms with Crippen LogP contribution in [0.3, 0.4) is 0 Å². The average molecular weight is 433 g/mol. The molecule has 0 aliphatic heterocycles. The summed E-state index contributed by atoms with van der Waals surface area (Å²) in [6, 6.07) is 16.6. The minimum Gasteiger partial charge on any atom is -0.467 e. The Labute approximate surface area is 187 Å². The van der Waals surface area contributed by atoms with Gasteiger partial charge in [-0.25, -0.2) is 14.8 Å². The number of methoxy groups -OCH3 is 1. The van der Waals surface area contributed by atoms with Crippen LogP contribution in [-0.4, -0.2) is 35.0 Å². The van der Waals surface area contributed by atoms with E-state index in [4.69, 9.17) is 4.74 Å². The number of rotatable bonds is 8. The molecule has 2 N–H and O–H groups in total. The van der Waals surface area contributed by atoms with Crippen LogP contribution in [0.15, 0.2) is 60.2 Å². The Morgan fingerprint density at radius 1 is 1.03 bits per heavy atom. The van der Waals surface area contributed by atoms with Gasteiger partial charge in [0.25, 0.3) is 0 Å². The van der Waals surface area contributed by atoms with Gasteiger partial charge in [-0.3, -0.25) is 4.79 Å². The van der Waals surface area contributed by atoms with E-state index in [1.165, 1.54) is 7.11 Å². The van der Waals surface area contributed by atoms with Gasteiger partial charge in [0.2, 0.25) is 5.91 Å². The average Bonchev–Trinajstić information content (AvgIpc) is 2.80. The van der Waals surface area contributed by atoms with Crippen molar-refractivity contribution in [2.24, 2.45) is 5.92 Å². The van der Waals surface area contributed by atoms with Gasteiger partial charge in [0.15, 0.2) is 5.82 Å². The van der Waals surface area contributed by atoms with Crippen molar-refractivity contribution in [3.8, 4) is 0 Å².